The second kappa shape index (κ2) is 6.43. The van der Waals surface area contributed by atoms with Crippen LogP contribution >= 0.6 is 11.6 Å². The van der Waals surface area contributed by atoms with Gasteiger partial charge in [-0.3, -0.25) is 4.79 Å². The van der Waals surface area contributed by atoms with Gasteiger partial charge in [-0.1, -0.05) is 12.1 Å². The first-order valence-electron chi connectivity index (χ1n) is 6.29. The molecule has 0 unspecified atom stereocenters. The molecule has 0 fully saturated rings. The third-order valence-electron chi connectivity index (χ3n) is 2.83. The molecule has 20 heavy (non-hydrogen) atoms. The maximum Gasteiger partial charge on any atom is 0.269 e. The Hall–Kier alpha value is -2.01. The summed E-state index contributed by atoms with van der Waals surface area (Å²) < 4.78 is 6.95. The molecular weight excluding hydrogens is 278 g/mol. The lowest BCUT2D eigenvalue weighted by Crippen LogP contribution is -2.24. The van der Waals surface area contributed by atoms with E-state index in [4.69, 9.17) is 16.3 Å². The third kappa shape index (κ3) is 3.30. The summed E-state index contributed by atoms with van der Waals surface area (Å²) in [5.41, 5.74) is 1.40. The molecule has 0 aliphatic carbocycles. The van der Waals surface area contributed by atoms with E-state index >= 15 is 0 Å². The van der Waals surface area contributed by atoms with E-state index in [1.165, 1.54) is 10.8 Å². The van der Waals surface area contributed by atoms with E-state index in [2.05, 4.69) is 10.3 Å². The van der Waals surface area contributed by atoms with Crippen LogP contribution in [0.25, 0.3) is 0 Å². The van der Waals surface area contributed by atoms with Crippen molar-refractivity contribution in [3.8, 4) is 5.75 Å². The number of halogens is 1. The summed E-state index contributed by atoms with van der Waals surface area (Å²) in [5.74, 6) is 0.580. The van der Waals surface area contributed by atoms with Crippen molar-refractivity contribution in [2.75, 3.05) is 6.61 Å². The predicted molar refractivity (Wildman–Crippen MR) is 77.0 cm³/mol. The minimum atomic E-state index is -0.214. The molecule has 0 bridgehead atoms. The Kier molecular flexibility index (Phi) is 4.63. The molecule has 1 aromatic carbocycles. The Morgan fingerprint density at radius 3 is 2.95 bits per heavy atom. The van der Waals surface area contributed by atoms with Gasteiger partial charge in [0.2, 0.25) is 5.28 Å². The summed E-state index contributed by atoms with van der Waals surface area (Å²) >= 11 is 5.80. The van der Waals surface area contributed by atoms with E-state index in [-0.39, 0.29) is 11.2 Å². The smallest absolute Gasteiger partial charge is 0.269 e. The van der Waals surface area contributed by atoms with Crippen LogP contribution in [0.4, 0.5) is 0 Å². The van der Waals surface area contributed by atoms with Crippen LogP contribution in [0.1, 0.15) is 23.0 Å². The lowest BCUT2D eigenvalue weighted by molar-refractivity contribution is 0.0942. The summed E-state index contributed by atoms with van der Waals surface area (Å²) in [6.45, 7) is 2.96. The molecule has 0 spiro atoms. The van der Waals surface area contributed by atoms with E-state index in [1.54, 1.807) is 7.05 Å². The van der Waals surface area contributed by atoms with Gasteiger partial charge in [0.25, 0.3) is 5.91 Å². The van der Waals surface area contributed by atoms with Crippen molar-refractivity contribution >= 4 is 17.5 Å². The first-order chi connectivity index (χ1) is 9.61. The Balaban J connectivity index is 2.00. The van der Waals surface area contributed by atoms with Gasteiger partial charge in [-0.2, -0.15) is 0 Å². The average Bonchev–Trinajstić information content (AvgIpc) is 2.77. The minimum Gasteiger partial charge on any atom is -0.494 e. The fraction of sp³-hybridized carbons (Fsp3) is 0.286. The molecule has 1 aromatic heterocycles. The first kappa shape index (κ1) is 14.4. The van der Waals surface area contributed by atoms with Crippen molar-refractivity contribution in [1.29, 1.82) is 0 Å². The highest BCUT2D eigenvalue weighted by Gasteiger charge is 2.12. The number of nitrogens with zero attached hydrogens (tertiary/aromatic N) is 2. The van der Waals surface area contributed by atoms with Crippen LogP contribution in [0.3, 0.4) is 0 Å². The van der Waals surface area contributed by atoms with E-state index in [0.717, 1.165) is 11.3 Å². The van der Waals surface area contributed by atoms with Crippen molar-refractivity contribution in [2.45, 2.75) is 13.5 Å². The Morgan fingerprint density at radius 1 is 1.50 bits per heavy atom. The fourth-order valence-corrected chi connectivity index (χ4v) is 1.92. The first-order valence-corrected chi connectivity index (χ1v) is 6.66. The summed E-state index contributed by atoms with van der Waals surface area (Å²) in [4.78, 5) is 15.9. The lowest BCUT2D eigenvalue weighted by atomic mass is 10.2. The van der Waals surface area contributed by atoms with Crippen molar-refractivity contribution in [2.24, 2.45) is 7.05 Å². The number of benzene rings is 1. The second-order valence-electron chi connectivity index (χ2n) is 4.23. The topological polar surface area (TPSA) is 56.1 Å². The average molecular weight is 294 g/mol. The highest BCUT2D eigenvalue weighted by molar-refractivity contribution is 6.28. The Bertz CT molecular complexity index is 610. The number of hydrogen-bond donors (Lipinski definition) is 1. The molecule has 0 aliphatic rings. The monoisotopic (exact) mass is 293 g/mol. The SMILES string of the molecule is CCOc1cccc(CNC(=O)c2cnc(Cl)n2C)c1. The Morgan fingerprint density at radius 2 is 2.30 bits per heavy atom. The second-order valence-corrected chi connectivity index (χ2v) is 4.57. The van der Waals surface area contributed by atoms with E-state index < -0.39 is 0 Å². The molecule has 106 valence electrons. The van der Waals surface area contributed by atoms with Crippen molar-refractivity contribution in [1.82, 2.24) is 14.9 Å². The highest BCUT2D eigenvalue weighted by Crippen LogP contribution is 2.13. The van der Waals surface area contributed by atoms with Gasteiger partial charge in [0.15, 0.2) is 0 Å². The number of aromatic nitrogens is 2. The van der Waals surface area contributed by atoms with Gasteiger partial charge in [-0.25, -0.2) is 4.98 Å². The molecule has 0 aliphatic heterocycles. The molecular formula is C14H16ClN3O2. The molecule has 1 amide bonds. The van der Waals surface area contributed by atoms with E-state index in [9.17, 15) is 4.79 Å². The van der Waals surface area contributed by atoms with Crippen LogP contribution in [0.5, 0.6) is 5.75 Å². The molecule has 5 nitrogen and oxygen atoms in total. The molecule has 0 radical (unpaired) electrons. The number of hydrogen-bond acceptors (Lipinski definition) is 3. The van der Waals surface area contributed by atoms with Gasteiger partial charge >= 0.3 is 0 Å². The Labute approximate surface area is 122 Å². The zero-order valence-electron chi connectivity index (χ0n) is 11.4. The van der Waals surface area contributed by atoms with Gasteiger partial charge in [-0.05, 0) is 36.2 Å². The zero-order valence-corrected chi connectivity index (χ0v) is 12.1. The van der Waals surface area contributed by atoms with Crippen LogP contribution in [0.2, 0.25) is 5.28 Å². The standard InChI is InChI=1S/C14H16ClN3O2/c1-3-20-11-6-4-5-10(7-11)8-16-13(19)12-9-17-14(15)18(12)2/h4-7,9H,3,8H2,1-2H3,(H,16,19). The van der Waals surface area contributed by atoms with E-state index in [0.29, 0.717) is 18.8 Å². The molecule has 1 heterocycles. The van der Waals surface area contributed by atoms with Crippen LogP contribution in [-0.4, -0.2) is 22.1 Å². The summed E-state index contributed by atoms with van der Waals surface area (Å²) in [5, 5.41) is 3.11. The number of amides is 1. The molecule has 0 saturated carbocycles. The maximum absolute atomic E-state index is 12.0. The summed E-state index contributed by atoms with van der Waals surface area (Å²) in [7, 11) is 1.69. The zero-order chi connectivity index (χ0) is 14.5. The van der Waals surface area contributed by atoms with Crippen LogP contribution in [-0.2, 0) is 13.6 Å². The van der Waals surface area contributed by atoms with Gasteiger partial charge in [-0.15, -0.1) is 0 Å². The normalized spacial score (nSPS) is 10.3. The number of ether oxygens (including phenoxy) is 1. The van der Waals surface area contributed by atoms with Crippen molar-refractivity contribution < 1.29 is 9.53 Å². The maximum atomic E-state index is 12.0. The number of rotatable bonds is 5. The molecule has 2 aromatic rings. The summed E-state index contributed by atoms with van der Waals surface area (Å²) in [6.07, 6.45) is 1.45. The molecule has 6 heteroatoms. The number of nitrogens with one attached hydrogen (secondary N) is 1. The minimum absolute atomic E-state index is 0.214. The van der Waals surface area contributed by atoms with Crippen LogP contribution in [0, 0.1) is 0 Å². The predicted octanol–water partition coefficient (Wildman–Crippen LogP) is 2.40. The van der Waals surface area contributed by atoms with Crippen molar-refractivity contribution in [3.63, 3.8) is 0 Å². The molecule has 2 rings (SSSR count). The molecule has 0 saturated heterocycles. The lowest BCUT2D eigenvalue weighted by Gasteiger charge is -2.08. The quantitative estimate of drug-likeness (QED) is 0.921. The highest BCUT2D eigenvalue weighted by atomic mass is 35.5. The fourth-order valence-electron chi connectivity index (χ4n) is 1.78. The number of carbonyl (C=O) groups excluding carboxylic acids is 1. The summed E-state index contributed by atoms with van der Waals surface area (Å²) in [6, 6.07) is 7.61. The van der Waals surface area contributed by atoms with Crippen LogP contribution in [0.15, 0.2) is 30.5 Å². The van der Waals surface area contributed by atoms with Gasteiger partial charge in [0.05, 0.1) is 12.8 Å². The number of imidazole rings is 1. The van der Waals surface area contributed by atoms with Gasteiger partial charge < -0.3 is 14.6 Å². The van der Waals surface area contributed by atoms with Crippen molar-refractivity contribution in [3.05, 3.63) is 47.0 Å². The third-order valence-corrected chi connectivity index (χ3v) is 3.18. The number of carbonyl (C=O) groups is 1. The van der Waals surface area contributed by atoms with Crippen LogP contribution < -0.4 is 10.1 Å². The largest absolute Gasteiger partial charge is 0.494 e. The van der Waals surface area contributed by atoms with Gasteiger partial charge in [0.1, 0.15) is 11.4 Å². The molecule has 0 atom stereocenters. The molecule has 1 N–H and O–H groups in total. The van der Waals surface area contributed by atoms with E-state index in [1.807, 2.05) is 31.2 Å². The van der Waals surface area contributed by atoms with Gasteiger partial charge in [0, 0.05) is 13.6 Å².